The van der Waals surface area contributed by atoms with Gasteiger partial charge in [-0.1, -0.05) is 23.2 Å². The summed E-state index contributed by atoms with van der Waals surface area (Å²) >= 11 is 11.0. The number of rotatable bonds is 1. The van der Waals surface area contributed by atoms with E-state index < -0.39 is 6.29 Å². The van der Waals surface area contributed by atoms with Gasteiger partial charge >= 0.3 is 0 Å². The Morgan fingerprint density at radius 1 is 1.36 bits per heavy atom. The molecule has 2 N–H and O–H groups in total. The Bertz CT molecular complexity index is 265. The summed E-state index contributed by atoms with van der Waals surface area (Å²) in [6.45, 7) is 0. The lowest BCUT2D eigenvalue weighted by Gasteiger charge is -2.04. The zero-order valence-corrected chi connectivity index (χ0v) is 6.84. The van der Waals surface area contributed by atoms with Crippen LogP contribution in [0.1, 0.15) is 11.9 Å². The Morgan fingerprint density at radius 2 is 2.00 bits per heavy atom. The van der Waals surface area contributed by atoms with Crippen LogP contribution in [0.25, 0.3) is 0 Å². The van der Waals surface area contributed by atoms with E-state index in [-0.39, 0.29) is 15.7 Å². The molecule has 1 rings (SSSR count). The van der Waals surface area contributed by atoms with Gasteiger partial charge in [-0.15, -0.1) is 0 Å². The van der Waals surface area contributed by atoms with Gasteiger partial charge < -0.3 is 10.2 Å². The van der Waals surface area contributed by atoms with E-state index in [9.17, 15) is 0 Å². The Balaban J connectivity index is 3.09. The summed E-state index contributed by atoms with van der Waals surface area (Å²) < 4.78 is 0. The van der Waals surface area contributed by atoms with Crippen molar-refractivity contribution in [2.24, 2.45) is 0 Å². The average Bonchev–Trinajstić information content (AvgIpc) is 1.85. The SMILES string of the molecule is OC(O)c1cnc(Cl)cc1Cl. The van der Waals surface area contributed by atoms with Crippen LogP contribution in [-0.2, 0) is 0 Å². The van der Waals surface area contributed by atoms with Gasteiger partial charge in [0.2, 0.25) is 0 Å². The highest BCUT2D eigenvalue weighted by molar-refractivity contribution is 6.34. The minimum Gasteiger partial charge on any atom is -0.364 e. The van der Waals surface area contributed by atoms with Crippen LogP contribution in [0.5, 0.6) is 0 Å². The summed E-state index contributed by atoms with van der Waals surface area (Å²) in [4.78, 5) is 3.62. The first-order chi connectivity index (χ1) is 5.11. The van der Waals surface area contributed by atoms with Crippen molar-refractivity contribution in [3.63, 3.8) is 0 Å². The van der Waals surface area contributed by atoms with Crippen LogP contribution in [0.15, 0.2) is 12.3 Å². The first kappa shape index (κ1) is 8.74. The fourth-order valence-corrected chi connectivity index (χ4v) is 1.07. The number of aliphatic hydroxyl groups excluding tert-OH is 1. The largest absolute Gasteiger partial charge is 0.364 e. The Labute approximate surface area is 73.2 Å². The molecule has 0 aliphatic rings. The van der Waals surface area contributed by atoms with Gasteiger partial charge in [-0.25, -0.2) is 4.98 Å². The predicted molar refractivity (Wildman–Crippen MR) is 41.4 cm³/mol. The molecule has 11 heavy (non-hydrogen) atoms. The van der Waals surface area contributed by atoms with Crippen molar-refractivity contribution < 1.29 is 10.2 Å². The van der Waals surface area contributed by atoms with Gasteiger partial charge in [-0.05, 0) is 6.07 Å². The molecule has 3 nitrogen and oxygen atoms in total. The van der Waals surface area contributed by atoms with Gasteiger partial charge in [0.15, 0.2) is 6.29 Å². The summed E-state index contributed by atoms with van der Waals surface area (Å²) in [5.41, 5.74) is 0.149. The Morgan fingerprint density at radius 3 is 2.45 bits per heavy atom. The smallest absolute Gasteiger partial charge is 0.181 e. The first-order valence-corrected chi connectivity index (χ1v) is 3.54. The highest BCUT2D eigenvalue weighted by Crippen LogP contribution is 2.22. The summed E-state index contributed by atoms with van der Waals surface area (Å²) in [5.74, 6) is 0. The molecule has 0 aliphatic heterocycles. The van der Waals surface area contributed by atoms with Crippen LogP contribution in [0.2, 0.25) is 10.2 Å². The number of aromatic nitrogens is 1. The lowest BCUT2D eigenvalue weighted by atomic mass is 10.3. The van der Waals surface area contributed by atoms with Crippen LogP contribution in [-0.4, -0.2) is 15.2 Å². The summed E-state index contributed by atoms with van der Waals surface area (Å²) in [7, 11) is 0. The number of hydrogen-bond acceptors (Lipinski definition) is 3. The molecular formula is C6H5Cl2NO2. The first-order valence-electron chi connectivity index (χ1n) is 2.78. The molecule has 0 unspecified atom stereocenters. The second kappa shape index (κ2) is 3.36. The molecule has 1 aromatic rings. The number of nitrogens with zero attached hydrogens (tertiary/aromatic N) is 1. The van der Waals surface area contributed by atoms with E-state index in [1.54, 1.807) is 0 Å². The van der Waals surface area contributed by atoms with Crippen molar-refractivity contribution in [3.8, 4) is 0 Å². The highest BCUT2D eigenvalue weighted by Gasteiger charge is 2.08. The average molecular weight is 194 g/mol. The maximum Gasteiger partial charge on any atom is 0.181 e. The molecule has 5 heteroatoms. The lowest BCUT2D eigenvalue weighted by molar-refractivity contribution is -0.0426. The van der Waals surface area contributed by atoms with E-state index in [4.69, 9.17) is 33.4 Å². The molecule has 1 aromatic heterocycles. The predicted octanol–water partition coefficient (Wildman–Crippen LogP) is 1.37. The van der Waals surface area contributed by atoms with Gasteiger partial charge in [0.1, 0.15) is 5.15 Å². The molecule has 1 heterocycles. The third kappa shape index (κ3) is 2.04. The molecule has 60 valence electrons. The molecule has 0 amide bonds. The number of hydrogen-bond donors (Lipinski definition) is 2. The van der Waals surface area contributed by atoms with Crippen LogP contribution in [0.4, 0.5) is 0 Å². The summed E-state index contributed by atoms with van der Waals surface area (Å²) in [6.07, 6.45) is -0.387. The van der Waals surface area contributed by atoms with Crippen LogP contribution in [0.3, 0.4) is 0 Å². The molecule has 0 bridgehead atoms. The number of halogens is 2. The number of aliphatic hydroxyl groups is 2. The second-order valence-electron chi connectivity index (χ2n) is 1.90. The van der Waals surface area contributed by atoms with Crippen LogP contribution < -0.4 is 0 Å². The molecule has 0 radical (unpaired) electrons. The van der Waals surface area contributed by atoms with Crippen molar-refractivity contribution in [1.29, 1.82) is 0 Å². The maximum absolute atomic E-state index is 8.68. The Kier molecular flexibility index (Phi) is 2.67. The maximum atomic E-state index is 8.68. The van der Waals surface area contributed by atoms with E-state index in [1.165, 1.54) is 12.3 Å². The van der Waals surface area contributed by atoms with Crippen molar-refractivity contribution in [3.05, 3.63) is 28.0 Å². The van der Waals surface area contributed by atoms with Gasteiger partial charge in [0, 0.05) is 11.8 Å². The van der Waals surface area contributed by atoms with Gasteiger partial charge in [0.05, 0.1) is 5.02 Å². The highest BCUT2D eigenvalue weighted by atomic mass is 35.5. The molecular weight excluding hydrogens is 189 g/mol. The molecule has 0 aliphatic carbocycles. The van der Waals surface area contributed by atoms with Gasteiger partial charge in [0.25, 0.3) is 0 Å². The van der Waals surface area contributed by atoms with Crippen LogP contribution in [0, 0.1) is 0 Å². The summed E-state index contributed by atoms with van der Waals surface area (Å²) in [6, 6.07) is 1.35. The molecule has 0 aromatic carbocycles. The molecule has 0 fully saturated rings. The van der Waals surface area contributed by atoms with Crippen LogP contribution >= 0.6 is 23.2 Å². The minimum atomic E-state index is -1.60. The quantitative estimate of drug-likeness (QED) is 0.524. The monoisotopic (exact) mass is 193 g/mol. The van der Waals surface area contributed by atoms with Crippen molar-refractivity contribution in [2.45, 2.75) is 6.29 Å². The van der Waals surface area contributed by atoms with E-state index in [0.29, 0.717) is 0 Å². The zero-order chi connectivity index (χ0) is 8.43. The van der Waals surface area contributed by atoms with E-state index >= 15 is 0 Å². The summed E-state index contributed by atoms with van der Waals surface area (Å²) in [5, 5.41) is 17.8. The zero-order valence-electron chi connectivity index (χ0n) is 5.33. The topological polar surface area (TPSA) is 53.4 Å². The fraction of sp³-hybridized carbons (Fsp3) is 0.167. The lowest BCUT2D eigenvalue weighted by Crippen LogP contribution is -1.96. The van der Waals surface area contributed by atoms with E-state index in [2.05, 4.69) is 4.98 Å². The second-order valence-corrected chi connectivity index (χ2v) is 2.70. The van der Waals surface area contributed by atoms with E-state index in [0.717, 1.165) is 0 Å². The molecule has 0 saturated heterocycles. The third-order valence-electron chi connectivity index (χ3n) is 1.13. The van der Waals surface area contributed by atoms with Crippen molar-refractivity contribution >= 4 is 23.2 Å². The molecule has 0 saturated carbocycles. The third-order valence-corrected chi connectivity index (χ3v) is 1.66. The van der Waals surface area contributed by atoms with Gasteiger partial charge in [-0.2, -0.15) is 0 Å². The van der Waals surface area contributed by atoms with Crippen molar-refractivity contribution in [2.75, 3.05) is 0 Å². The standard InChI is InChI=1S/C6H5Cl2NO2/c7-4-1-5(8)9-2-3(4)6(10)11/h1-2,6,10-11H. The van der Waals surface area contributed by atoms with E-state index in [1.807, 2.05) is 0 Å². The normalized spacial score (nSPS) is 10.6. The molecule has 0 atom stereocenters. The number of pyridine rings is 1. The minimum absolute atomic E-state index is 0.149. The van der Waals surface area contributed by atoms with Crippen molar-refractivity contribution in [1.82, 2.24) is 4.98 Å². The Hall–Kier alpha value is -0.350. The fourth-order valence-electron chi connectivity index (χ4n) is 0.608. The van der Waals surface area contributed by atoms with Gasteiger partial charge in [-0.3, -0.25) is 0 Å². The molecule has 0 spiro atoms.